The highest BCUT2D eigenvalue weighted by Gasteiger charge is 2.70. The van der Waals surface area contributed by atoms with Crippen LogP contribution >= 0.6 is 11.6 Å². The molecular formula is C33H27ClN2O6. The van der Waals surface area contributed by atoms with E-state index in [4.69, 9.17) is 16.3 Å². The molecule has 3 fully saturated rings. The van der Waals surface area contributed by atoms with Gasteiger partial charge in [-0.2, -0.15) is 0 Å². The number of hydrogen-bond donors (Lipinski definition) is 2. The minimum atomic E-state index is -1.44. The first-order valence-corrected chi connectivity index (χ1v) is 14.3. The van der Waals surface area contributed by atoms with E-state index in [0.29, 0.717) is 34.0 Å². The molecule has 7 rings (SSSR count). The maximum atomic E-state index is 15.0. The van der Waals surface area contributed by atoms with Crippen molar-refractivity contribution >= 4 is 40.9 Å². The lowest BCUT2D eigenvalue weighted by Gasteiger charge is -2.50. The van der Waals surface area contributed by atoms with Crippen molar-refractivity contribution in [2.24, 2.45) is 23.7 Å². The summed E-state index contributed by atoms with van der Waals surface area (Å²) < 4.78 is 5.34. The van der Waals surface area contributed by atoms with Gasteiger partial charge >= 0.3 is 0 Å². The number of amides is 4. The van der Waals surface area contributed by atoms with Gasteiger partial charge in [-0.1, -0.05) is 65.7 Å². The molecule has 3 aromatic rings. The van der Waals surface area contributed by atoms with E-state index < -0.39 is 46.8 Å². The Hall–Kier alpha value is -4.43. The molecule has 0 radical (unpaired) electrons. The van der Waals surface area contributed by atoms with Crippen LogP contribution in [0, 0.1) is 23.7 Å². The molecule has 1 saturated carbocycles. The molecule has 6 atom stereocenters. The average molecular weight is 583 g/mol. The summed E-state index contributed by atoms with van der Waals surface area (Å²) in [7, 11) is 1.49. The standard InChI is InChI=1S/C33H27ClN2O6/c1-42-20-10-11-22(26(37)15-20)28-21-12-13-23-27(30(39)35-29(23)38)24(21)16-25-31(40)36(19-9-5-8-18(34)14-19)32(41)33(25,28)17-6-3-2-4-7-17/h2-12,14-15,23-25,27-28,37H,13,16H2,1H3,(H,35,38,39)/t23-,24+,25-,27-,28+,33+/m0/s1. The Morgan fingerprint density at radius 2 is 1.74 bits per heavy atom. The lowest BCUT2D eigenvalue weighted by atomic mass is 9.49. The van der Waals surface area contributed by atoms with Crippen molar-refractivity contribution in [3.63, 3.8) is 0 Å². The Labute approximate surface area is 246 Å². The van der Waals surface area contributed by atoms with Crippen molar-refractivity contribution in [2.45, 2.75) is 24.2 Å². The van der Waals surface area contributed by atoms with Gasteiger partial charge in [0, 0.05) is 22.6 Å². The van der Waals surface area contributed by atoms with Crippen molar-refractivity contribution < 1.29 is 29.0 Å². The number of allylic oxidation sites excluding steroid dienone is 2. The summed E-state index contributed by atoms with van der Waals surface area (Å²) in [5.41, 5.74) is 0.754. The van der Waals surface area contributed by atoms with E-state index in [1.54, 1.807) is 36.4 Å². The third-order valence-corrected chi connectivity index (χ3v) is 9.79. The number of halogens is 1. The summed E-state index contributed by atoms with van der Waals surface area (Å²) in [4.78, 5) is 56.6. The smallest absolute Gasteiger partial charge is 0.246 e. The van der Waals surface area contributed by atoms with Crippen molar-refractivity contribution in [2.75, 3.05) is 12.0 Å². The summed E-state index contributed by atoms with van der Waals surface area (Å²) in [5.74, 6) is -4.58. The van der Waals surface area contributed by atoms with Crippen LogP contribution in [0.25, 0.3) is 0 Å². The van der Waals surface area contributed by atoms with Crippen LogP contribution in [0.3, 0.4) is 0 Å². The molecule has 212 valence electrons. The second kappa shape index (κ2) is 9.56. The van der Waals surface area contributed by atoms with Crippen molar-refractivity contribution in [3.8, 4) is 11.5 Å². The molecule has 8 nitrogen and oxygen atoms in total. The van der Waals surface area contributed by atoms with Crippen molar-refractivity contribution in [3.05, 3.63) is 101 Å². The largest absolute Gasteiger partial charge is 0.508 e. The molecule has 0 spiro atoms. The number of fused-ring (bicyclic) bond motifs is 4. The summed E-state index contributed by atoms with van der Waals surface area (Å²) in [5, 5.41) is 14.3. The minimum Gasteiger partial charge on any atom is -0.508 e. The number of anilines is 1. The fourth-order valence-electron chi connectivity index (χ4n) is 7.89. The quantitative estimate of drug-likeness (QED) is 0.346. The van der Waals surface area contributed by atoms with E-state index in [2.05, 4.69) is 5.32 Å². The predicted molar refractivity (Wildman–Crippen MR) is 154 cm³/mol. The molecule has 0 unspecified atom stereocenters. The zero-order valence-electron chi connectivity index (χ0n) is 22.6. The van der Waals surface area contributed by atoms with E-state index in [-0.39, 0.29) is 24.0 Å². The van der Waals surface area contributed by atoms with E-state index in [1.807, 2.05) is 36.4 Å². The first kappa shape index (κ1) is 26.5. The number of benzene rings is 3. The lowest BCUT2D eigenvalue weighted by molar-refractivity contribution is -0.128. The number of carbonyl (C=O) groups is 4. The number of ether oxygens (including phenoxy) is 1. The Morgan fingerprint density at radius 1 is 0.952 bits per heavy atom. The van der Waals surface area contributed by atoms with Crippen LogP contribution in [-0.4, -0.2) is 35.8 Å². The molecule has 0 bridgehead atoms. The fourth-order valence-corrected chi connectivity index (χ4v) is 8.08. The number of phenolic OH excluding ortho intramolecular Hbond substituents is 1. The molecule has 2 aliphatic heterocycles. The molecule has 4 aliphatic rings. The SMILES string of the molecule is COc1ccc([C@H]2C3=CC[C@@H]4C(=O)NC(=O)[C@@H]4[C@@H]3C[C@H]3C(=O)N(c4cccc(Cl)c4)C(=O)[C@@]23c2ccccc2)c(O)c1. The van der Waals surface area contributed by atoms with Gasteiger partial charge in [0.1, 0.15) is 11.5 Å². The predicted octanol–water partition coefficient (Wildman–Crippen LogP) is 4.50. The molecule has 9 heteroatoms. The molecule has 3 aromatic carbocycles. The second-order valence-corrected chi connectivity index (χ2v) is 11.8. The monoisotopic (exact) mass is 582 g/mol. The highest BCUT2D eigenvalue weighted by Crippen LogP contribution is 2.65. The number of rotatable bonds is 4. The second-order valence-electron chi connectivity index (χ2n) is 11.4. The Morgan fingerprint density at radius 3 is 2.45 bits per heavy atom. The third-order valence-electron chi connectivity index (χ3n) is 9.56. The summed E-state index contributed by atoms with van der Waals surface area (Å²) in [6.07, 6.45) is 2.45. The maximum absolute atomic E-state index is 15.0. The van der Waals surface area contributed by atoms with Gasteiger partial charge in [0.15, 0.2) is 0 Å². The van der Waals surface area contributed by atoms with Gasteiger partial charge in [-0.05, 0) is 48.6 Å². The lowest BCUT2D eigenvalue weighted by Crippen LogP contribution is -2.53. The molecule has 2 aliphatic carbocycles. The molecular weight excluding hydrogens is 556 g/mol. The highest BCUT2D eigenvalue weighted by atomic mass is 35.5. The third kappa shape index (κ3) is 3.54. The molecule has 2 saturated heterocycles. The number of phenols is 1. The normalized spacial score (nSPS) is 29.9. The Balaban J connectivity index is 1.53. The molecule has 2 heterocycles. The number of nitrogens with zero attached hydrogens (tertiary/aromatic N) is 1. The van der Waals surface area contributed by atoms with Gasteiger partial charge in [0.2, 0.25) is 23.6 Å². The van der Waals surface area contributed by atoms with Crippen LogP contribution in [0.1, 0.15) is 29.9 Å². The van der Waals surface area contributed by atoms with Crippen LogP contribution in [0.15, 0.2) is 84.4 Å². The highest BCUT2D eigenvalue weighted by molar-refractivity contribution is 6.32. The number of carbonyl (C=O) groups excluding carboxylic acids is 4. The number of imide groups is 2. The molecule has 2 N–H and O–H groups in total. The van der Waals surface area contributed by atoms with Gasteiger partial charge in [-0.15, -0.1) is 0 Å². The number of methoxy groups -OCH3 is 1. The topological polar surface area (TPSA) is 113 Å². The van der Waals surface area contributed by atoms with Gasteiger partial charge in [0.05, 0.1) is 36.0 Å². The van der Waals surface area contributed by atoms with Crippen LogP contribution in [0.5, 0.6) is 11.5 Å². The van der Waals surface area contributed by atoms with Crippen LogP contribution in [0.2, 0.25) is 5.02 Å². The Kier molecular flexibility index (Phi) is 6.02. The van der Waals surface area contributed by atoms with Crippen LogP contribution in [0.4, 0.5) is 5.69 Å². The van der Waals surface area contributed by atoms with E-state index in [9.17, 15) is 19.5 Å². The number of hydrogen-bond acceptors (Lipinski definition) is 6. The Bertz CT molecular complexity index is 1700. The van der Waals surface area contributed by atoms with Gasteiger partial charge < -0.3 is 9.84 Å². The van der Waals surface area contributed by atoms with Gasteiger partial charge in [-0.25, -0.2) is 4.90 Å². The van der Waals surface area contributed by atoms with Crippen molar-refractivity contribution in [1.82, 2.24) is 5.32 Å². The van der Waals surface area contributed by atoms with E-state index >= 15 is 4.79 Å². The van der Waals surface area contributed by atoms with E-state index in [0.717, 1.165) is 5.57 Å². The average Bonchev–Trinajstić information content (AvgIpc) is 3.41. The van der Waals surface area contributed by atoms with Gasteiger partial charge in [0.25, 0.3) is 0 Å². The maximum Gasteiger partial charge on any atom is 0.246 e. The zero-order valence-corrected chi connectivity index (χ0v) is 23.4. The summed E-state index contributed by atoms with van der Waals surface area (Å²) >= 11 is 6.31. The number of aromatic hydroxyl groups is 1. The summed E-state index contributed by atoms with van der Waals surface area (Å²) in [6.45, 7) is 0. The summed E-state index contributed by atoms with van der Waals surface area (Å²) in [6, 6.07) is 20.7. The van der Waals surface area contributed by atoms with Gasteiger partial charge in [-0.3, -0.25) is 24.5 Å². The molecule has 42 heavy (non-hydrogen) atoms. The fraction of sp³-hybridized carbons (Fsp3) is 0.273. The van der Waals surface area contributed by atoms with Crippen molar-refractivity contribution in [1.29, 1.82) is 0 Å². The van der Waals surface area contributed by atoms with E-state index in [1.165, 1.54) is 18.1 Å². The first-order chi connectivity index (χ1) is 20.3. The zero-order chi connectivity index (χ0) is 29.3. The molecule has 4 amide bonds. The first-order valence-electron chi connectivity index (χ1n) is 13.9. The van der Waals surface area contributed by atoms with Crippen LogP contribution < -0.4 is 15.0 Å². The number of nitrogens with one attached hydrogen (secondary N) is 1. The van der Waals surface area contributed by atoms with Crippen LogP contribution in [-0.2, 0) is 24.6 Å². The molecule has 0 aromatic heterocycles. The minimum absolute atomic E-state index is 0.0921.